The SMILES string of the molecule is CCC(CC(C)c1ccc(O)cc1)c1ccc(OC2CCCO2)cc1. The molecule has 3 atom stereocenters. The van der Waals surface area contributed by atoms with Crippen molar-refractivity contribution in [3.8, 4) is 11.5 Å². The molecule has 1 aliphatic rings. The third-order valence-electron chi connectivity index (χ3n) is 5.10. The van der Waals surface area contributed by atoms with Crippen LogP contribution >= 0.6 is 0 Å². The second-order valence-electron chi connectivity index (χ2n) is 6.96. The minimum atomic E-state index is -0.0812. The highest BCUT2D eigenvalue weighted by Gasteiger charge is 2.18. The zero-order chi connectivity index (χ0) is 17.6. The molecular weight excluding hydrogens is 312 g/mol. The summed E-state index contributed by atoms with van der Waals surface area (Å²) >= 11 is 0. The van der Waals surface area contributed by atoms with Crippen molar-refractivity contribution in [2.75, 3.05) is 6.61 Å². The van der Waals surface area contributed by atoms with E-state index < -0.39 is 0 Å². The summed E-state index contributed by atoms with van der Waals surface area (Å²) in [4.78, 5) is 0. The predicted octanol–water partition coefficient (Wildman–Crippen LogP) is 5.59. The van der Waals surface area contributed by atoms with Crippen LogP contribution in [-0.4, -0.2) is 18.0 Å². The minimum absolute atomic E-state index is 0.0812. The molecule has 1 saturated heterocycles. The largest absolute Gasteiger partial charge is 0.508 e. The normalized spacial score (nSPS) is 19.5. The van der Waals surface area contributed by atoms with Crippen molar-refractivity contribution < 1.29 is 14.6 Å². The van der Waals surface area contributed by atoms with Crippen LogP contribution in [-0.2, 0) is 4.74 Å². The molecular formula is C22H28O3. The van der Waals surface area contributed by atoms with E-state index in [4.69, 9.17) is 9.47 Å². The van der Waals surface area contributed by atoms with Gasteiger partial charge in [0.1, 0.15) is 11.5 Å². The molecule has 0 aliphatic carbocycles. The van der Waals surface area contributed by atoms with Gasteiger partial charge >= 0.3 is 0 Å². The highest BCUT2D eigenvalue weighted by Crippen LogP contribution is 2.33. The topological polar surface area (TPSA) is 38.7 Å². The number of ether oxygens (including phenoxy) is 2. The number of phenolic OH excluding ortho intramolecular Hbond substituents is 1. The van der Waals surface area contributed by atoms with Crippen LogP contribution < -0.4 is 4.74 Å². The van der Waals surface area contributed by atoms with Gasteiger partial charge in [0.15, 0.2) is 6.29 Å². The van der Waals surface area contributed by atoms with E-state index >= 15 is 0 Å². The average Bonchev–Trinajstić information content (AvgIpc) is 3.14. The van der Waals surface area contributed by atoms with Gasteiger partial charge in [0.25, 0.3) is 0 Å². The zero-order valence-corrected chi connectivity index (χ0v) is 15.2. The fourth-order valence-corrected chi connectivity index (χ4v) is 3.52. The maximum atomic E-state index is 9.45. The second-order valence-corrected chi connectivity index (χ2v) is 6.96. The number of phenols is 1. The number of hydrogen-bond acceptors (Lipinski definition) is 3. The van der Waals surface area contributed by atoms with E-state index in [2.05, 4.69) is 38.1 Å². The maximum absolute atomic E-state index is 9.45. The molecule has 2 aromatic carbocycles. The van der Waals surface area contributed by atoms with E-state index in [-0.39, 0.29) is 6.29 Å². The number of benzene rings is 2. The third kappa shape index (κ3) is 4.76. The van der Waals surface area contributed by atoms with Gasteiger partial charge in [-0.2, -0.15) is 0 Å². The second kappa shape index (κ2) is 8.39. The molecule has 3 unspecified atom stereocenters. The fraction of sp³-hybridized carbons (Fsp3) is 0.455. The smallest absolute Gasteiger partial charge is 0.199 e. The third-order valence-corrected chi connectivity index (χ3v) is 5.10. The molecule has 1 fully saturated rings. The van der Waals surface area contributed by atoms with Crippen LogP contribution in [0.3, 0.4) is 0 Å². The van der Waals surface area contributed by atoms with Crippen LogP contribution in [0.1, 0.15) is 62.5 Å². The van der Waals surface area contributed by atoms with E-state index in [1.165, 1.54) is 11.1 Å². The van der Waals surface area contributed by atoms with Crippen LogP contribution in [0.2, 0.25) is 0 Å². The molecule has 0 bridgehead atoms. The highest BCUT2D eigenvalue weighted by atomic mass is 16.7. The molecule has 0 amide bonds. The maximum Gasteiger partial charge on any atom is 0.199 e. The molecule has 0 saturated carbocycles. The molecule has 1 N–H and O–H groups in total. The lowest BCUT2D eigenvalue weighted by Gasteiger charge is -2.21. The summed E-state index contributed by atoms with van der Waals surface area (Å²) in [7, 11) is 0. The first-order chi connectivity index (χ1) is 12.2. The molecule has 0 radical (unpaired) electrons. The summed E-state index contributed by atoms with van der Waals surface area (Å²) in [6, 6.07) is 16.1. The first-order valence-electron chi connectivity index (χ1n) is 9.33. The summed E-state index contributed by atoms with van der Waals surface area (Å²) in [5.41, 5.74) is 2.63. The summed E-state index contributed by atoms with van der Waals surface area (Å²) in [6.45, 7) is 5.30. The molecule has 134 valence electrons. The Kier molecular flexibility index (Phi) is 5.98. The van der Waals surface area contributed by atoms with Gasteiger partial charge in [-0.25, -0.2) is 0 Å². The van der Waals surface area contributed by atoms with Crippen molar-refractivity contribution in [1.29, 1.82) is 0 Å². The summed E-state index contributed by atoms with van der Waals surface area (Å²) in [5, 5.41) is 9.45. The number of aromatic hydroxyl groups is 1. The van der Waals surface area contributed by atoms with Crippen LogP contribution in [0.15, 0.2) is 48.5 Å². The van der Waals surface area contributed by atoms with Gasteiger partial charge in [-0.1, -0.05) is 38.1 Å². The molecule has 1 aliphatic heterocycles. The Balaban J connectivity index is 1.62. The van der Waals surface area contributed by atoms with E-state index in [1.54, 1.807) is 12.1 Å². The standard InChI is InChI=1S/C22H28O3/c1-3-17(15-16(2)18-6-10-20(23)11-7-18)19-8-12-21(13-9-19)25-22-5-4-14-24-22/h6-13,16-17,22-23H,3-5,14-15H2,1-2H3. The first kappa shape index (κ1) is 17.8. The lowest BCUT2D eigenvalue weighted by molar-refractivity contribution is -0.0390. The van der Waals surface area contributed by atoms with Crippen molar-refractivity contribution in [2.24, 2.45) is 0 Å². The van der Waals surface area contributed by atoms with E-state index in [0.29, 0.717) is 17.6 Å². The number of rotatable bonds is 7. The zero-order valence-electron chi connectivity index (χ0n) is 15.2. The van der Waals surface area contributed by atoms with Gasteiger partial charge in [0.05, 0.1) is 6.61 Å². The quantitative estimate of drug-likeness (QED) is 0.713. The Hall–Kier alpha value is -2.00. The van der Waals surface area contributed by atoms with E-state index in [9.17, 15) is 5.11 Å². The molecule has 0 spiro atoms. The Labute approximate surface area is 150 Å². The van der Waals surface area contributed by atoms with Crippen LogP contribution in [0, 0.1) is 0 Å². The van der Waals surface area contributed by atoms with Gasteiger partial charge in [-0.05, 0) is 66.5 Å². The van der Waals surface area contributed by atoms with Crippen molar-refractivity contribution in [3.05, 3.63) is 59.7 Å². The lowest BCUT2D eigenvalue weighted by Crippen LogP contribution is -2.13. The molecule has 1 heterocycles. The van der Waals surface area contributed by atoms with Crippen LogP contribution in [0.5, 0.6) is 11.5 Å². The summed E-state index contributed by atoms with van der Waals surface area (Å²) < 4.78 is 11.4. The Morgan fingerprint density at radius 1 is 1.08 bits per heavy atom. The van der Waals surface area contributed by atoms with Crippen LogP contribution in [0.4, 0.5) is 0 Å². The highest BCUT2D eigenvalue weighted by molar-refractivity contribution is 5.31. The van der Waals surface area contributed by atoms with E-state index in [0.717, 1.165) is 38.0 Å². The minimum Gasteiger partial charge on any atom is -0.508 e. The Morgan fingerprint density at radius 3 is 2.36 bits per heavy atom. The Bertz CT molecular complexity index is 642. The van der Waals surface area contributed by atoms with Crippen LogP contribution in [0.25, 0.3) is 0 Å². The predicted molar refractivity (Wildman–Crippen MR) is 100 cm³/mol. The van der Waals surface area contributed by atoms with Crippen molar-refractivity contribution in [3.63, 3.8) is 0 Å². The first-order valence-corrected chi connectivity index (χ1v) is 9.33. The van der Waals surface area contributed by atoms with Gasteiger partial charge in [-0.15, -0.1) is 0 Å². The molecule has 3 rings (SSSR count). The molecule has 3 nitrogen and oxygen atoms in total. The summed E-state index contributed by atoms with van der Waals surface area (Å²) in [6.07, 6.45) is 4.17. The number of hydrogen-bond donors (Lipinski definition) is 1. The molecule has 25 heavy (non-hydrogen) atoms. The Morgan fingerprint density at radius 2 is 1.76 bits per heavy atom. The molecule has 2 aromatic rings. The fourth-order valence-electron chi connectivity index (χ4n) is 3.52. The van der Waals surface area contributed by atoms with Crippen molar-refractivity contribution in [2.45, 2.75) is 57.7 Å². The van der Waals surface area contributed by atoms with Crippen molar-refractivity contribution >= 4 is 0 Å². The molecule has 0 aromatic heterocycles. The van der Waals surface area contributed by atoms with Gasteiger partial charge in [0, 0.05) is 6.42 Å². The van der Waals surface area contributed by atoms with Gasteiger partial charge < -0.3 is 14.6 Å². The summed E-state index contributed by atoms with van der Waals surface area (Å²) in [5.74, 6) is 2.18. The van der Waals surface area contributed by atoms with Gasteiger partial charge in [-0.3, -0.25) is 0 Å². The lowest BCUT2D eigenvalue weighted by atomic mass is 9.84. The average molecular weight is 340 g/mol. The molecule has 3 heteroatoms. The van der Waals surface area contributed by atoms with E-state index in [1.807, 2.05) is 12.1 Å². The van der Waals surface area contributed by atoms with Gasteiger partial charge in [0.2, 0.25) is 0 Å². The van der Waals surface area contributed by atoms with Crippen molar-refractivity contribution in [1.82, 2.24) is 0 Å². The monoisotopic (exact) mass is 340 g/mol.